The number of ether oxygens (including phenoxy) is 1. The van der Waals surface area contributed by atoms with Crippen molar-refractivity contribution in [1.29, 1.82) is 0 Å². The van der Waals surface area contributed by atoms with Crippen LogP contribution in [-0.4, -0.2) is 52.7 Å². The number of hydrogen-bond acceptors (Lipinski definition) is 4. The molecule has 0 saturated carbocycles. The van der Waals surface area contributed by atoms with Crippen LogP contribution in [0.3, 0.4) is 0 Å². The van der Waals surface area contributed by atoms with Crippen LogP contribution in [0.25, 0.3) is 17.0 Å². The summed E-state index contributed by atoms with van der Waals surface area (Å²) >= 11 is 0. The zero-order valence-electron chi connectivity index (χ0n) is 21.5. The molecular formula is C30H40N2O3. The minimum absolute atomic E-state index is 0.0487. The first-order valence-corrected chi connectivity index (χ1v) is 13.0. The van der Waals surface area contributed by atoms with E-state index in [1.54, 1.807) is 18.2 Å². The molecule has 1 heterocycles. The number of fused-ring (bicyclic) bond motifs is 1. The molecule has 0 fully saturated rings. The summed E-state index contributed by atoms with van der Waals surface area (Å²) in [6.07, 6.45) is 9.70. The van der Waals surface area contributed by atoms with Crippen molar-refractivity contribution in [2.45, 2.75) is 59.1 Å². The van der Waals surface area contributed by atoms with Gasteiger partial charge in [-0.15, -0.1) is 0 Å². The Morgan fingerprint density at radius 1 is 1.03 bits per heavy atom. The van der Waals surface area contributed by atoms with Crippen LogP contribution in [-0.2, 0) is 6.54 Å². The Kier molecular flexibility index (Phi) is 10.6. The number of allylic oxidation sites excluding steroid dienone is 1. The van der Waals surface area contributed by atoms with Crippen molar-refractivity contribution in [3.63, 3.8) is 0 Å². The van der Waals surface area contributed by atoms with Gasteiger partial charge in [-0.05, 0) is 75.3 Å². The van der Waals surface area contributed by atoms with E-state index in [1.807, 2.05) is 43.5 Å². The summed E-state index contributed by atoms with van der Waals surface area (Å²) in [6, 6.07) is 15.4. The number of aliphatic hydroxyl groups excluding tert-OH is 1. The molecule has 1 aromatic heterocycles. The van der Waals surface area contributed by atoms with Crippen LogP contribution >= 0.6 is 0 Å². The van der Waals surface area contributed by atoms with Crippen LogP contribution in [0.5, 0.6) is 5.75 Å². The molecule has 0 unspecified atom stereocenters. The molecule has 0 aliphatic rings. The third kappa shape index (κ3) is 7.81. The van der Waals surface area contributed by atoms with E-state index in [0.717, 1.165) is 61.0 Å². The quantitative estimate of drug-likeness (QED) is 0.210. The zero-order chi connectivity index (χ0) is 25.0. The fraction of sp³-hybridized carbons (Fsp3) is 0.433. The normalized spacial score (nSPS) is 12.6. The lowest BCUT2D eigenvalue weighted by Gasteiger charge is -2.25. The maximum absolute atomic E-state index is 12.7. The Morgan fingerprint density at radius 3 is 2.37 bits per heavy atom. The Morgan fingerprint density at radius 2 is 1.71 bits per heavy atom. The van der Waals surface area contributed by atoms with Crippen molar-refractivity contribution in [3.05, 3.63) is 71.9 Å². The molecule has 0 aliphatic heterocycles. The number of nitrogens with zero attached hydrogens (tertiary/aromatic N) is 2. The second kappa shape index (κ2) is 13.9. The second-order valence-electron chi connectivity index (χ2n) is 9.07. The molecule has 0 bridgehead atoms. The van der Waals surface area contributed by atoms with Crippen LogP contribution in [0.4, 0.5) is 0 Å². The molecule has 5 nitrogen and oxygen atoms in total. The summed E-state index contributed by atoms with van der Waals surface area (Å²) in [6.45, 7) is 10.2. The summed E-state index contributed by atoms with van der Waals surface area (Å²) in [4.78, 5) is 15.1. The van der Waals surface area contributed by atoms with Crippen LogP contribution in [0.1, 0.15) is 62.4 Å². The first kappa shape index (κ1) is 26.7. The highest BCUT2D eigenvalue weighted by molar-refractivity contribution is 6.07. The minimum Gasteiger partial charge on any atom is -0.494 e. The summed E-state index contributed by atoms with van der Waals surface area (Å²) < 4.78 is 7.57. The summed E-state index contributed by atoms with van der Waals surface area (Å²) in [5, 5.41) is 12.0. The highest BCUT2D eigenvalue weighted by Crippen LogP contribution is 2.23. The number of aromatic nitrogens is 1. The molecule has 0 aliphatic carbocycles. The smallest absolute Gasteiger partial charge is 0.185 e. The molecule has 5 heteroatoms. The fourth-order valence-electron chi connectivity index (χ4n) is 4.34. The topological polar surface area (TPSA) is 54.7 Å². The molecule has 1 atom stereocenters. The van der Waals surface area contributed by atoms with Crippen molar-refractivity contribution in [1.82, 2.24) is 9.47 Å². The van der Waals surface area contributed by atoms with Gasteiger partial charge in [0.1, 0.15) is 5.75 Å². The van der Waals surface area contributed by atoms with E-state index in [-0.39, 0.29) is 5.78 Å². The predicted molar refractivity (Wildman–Crippen MR) is 145 cm³/mol. The van der Waals surface area contributed by atoms with Crippen molar-refractivity contribution >= 4 is 22.8 Å². The molecule has 35 heavy (non-hydrogen) atoms. The third-order valence-electron chi connectivity index (χ3n) is 6.22. The summed E-state index contributed by atoms with van der Waals surface area (Å²) in [5.41, 5.74) is 2.66. The Labute approximate surface area is 210 Å². The fourth-order valence-corrected chi connectivity index (χ4v) is 4.34. The number of ketones is 1. The molecule has 0 spiro atoms. The highest BCUT2D eigenvalue weighted by atomic mass is 16.5. The Hall–Kier alpha value is -2.89. The highest BCUT2D eigenvalue weighted by Gasteiger charge is 2.14. The summed E-state index contributed by atoms with van der Waals surface area (Å²) in [5.74, 6) is 0.713. The average molecular weight is 477 g/mol. The van der Waals surface area contributed by atoms with Gasteiger partial charge in [-0.3, -0.25) is 4.79 Å². The van der Waals surface area contributed by atoms with E-state index < -0.39 is 6.10 Å². The first-order valence-electron chi connectivity index (χ1n) is 13.0. The number of carbonyl (C=O) groups is 1. The molecule has 2 aromatic carbocycles. The van der Waals surface area contributed by atoms with Gasteiger partial charge in [0.15, 0.2) is 5.78 Å². The van der Waals surface area contributed by atoms with Gasteiger partial charge in [0, 0.05) is 41.3 Å². The lowest BCUT2D eigenvalue weighted by molar-refractivity contribution is 0.0973. The van der Waals surface area contributed by atoms with Gasteiger partial charge < -0.3 is 19.3 Å². The molecule has 3 rings (SSSR count). The van der Waals surface area contributed by atoms with E-state index >= 15 is 0 Å². The predicted octanol–water partition coefficient (Wildman–Crippen LogP) is 6.20. The lowest BCUT2D eigenvalue weighted by atomic mass is 10.1. The van der Waals surface area contributed by atoms with Gasteiger partial charge in [0.25, 0.3) is 0 Å². The molecule has 0 amide bonds. The first-order chi connectivity index (χ1) is 17.0. The number of rotatable bonds is 15. The van der Waals surface area contributed by atoms with Gasteiger partial charge in [-0.2, -0.15) is 0 Å². The zero-order valence-corrected chi connectivity index (χ0v) is 21.5. The van der Waals surface area contributed by atoms with Gasteiger partial charge in [0.05, 0.1) is 12.7 Å². The molecule has 0 saturated heterocycles. The van der Waals surface area contributed by atoms with Gasteiger partial charge in [0.2, 0.25) is 0 Å². The number of unbranched alkanes of at least 4 members (excludes halogenated alkanes) is 2. The Bertz CT molecular complexity index is 1080. The van der Waals surface area contributed by atoms with Crippen LogP contribution in [0.2, 0.25) is 0 Å². The molecular weight excluding hydrogens is 436 g/mol. The van der Waals surface area contributed by atoms with E-state index in [1.165, 1.54) is 0 Å². The van der Waals surface area contributed by atoms with Crippen LogP contribution < -0.4 is 4.74 Å². The standard InChI is InChI=1S/C30H40N2O3/c1-4-7-19-31(20-8-5-2)22-26(33)23-32-21-25(28-11-9-10-12-29(28)32)15-18-30(34)24-13-16-27(17-14-24)35-6-3/h9-18,21,26,33H,4-8,19-20,22-23H2,1-3H3/b18-15+/t26-/m0/s1. The second-order valence-corrected chi connectivity index (χ2v) is 9.07. The van der Waals surface area contributed by atoms with E-state index in [2.05, 4.69) is 35.4 Å². The monoisotopic (exact) mass is 476 g/mol. The maximum Gasteiger partial charge on any atom is 0.185 e. The van der Waals surface area contributed by atoms with E-state index in [0.29, 0.717) is 25.3 Å². The average Bonchev–Trinajstić information content (AvgIpc) is 3.22. The summed E-state index contributed by atoms with van der Waals surface area (Å²) in [7, 11) is 0. The van der Waals surface area contributed by atoms with Crippen LogP contribution in [0.15, 0.2) is 60.8 Å². The maximum atomic E-state index is 12.7. The number of hydrogen-bond donors (Lipinski definition) is 1. The third-order valence-corrected chi connectivity index (χ3v) is 6.22. The number of carbonyl (C=O) groups excluding carboxylic acids is 1. The lowest BCUT2D eigenvalue weighted by Crippen LogP contribution is -2.36. The molecule has 3 aromatic rings. The van der Waals surface area contributed by atoms with Crippen molar-refractivity contribution in [2.75, 3.05) is 26.2 Å². The number of benzene rings is 2. The van der Waals surface area contributed by atoms with Crippen molar-refractivity contribution in [2.24, 2.45) is 0 Å². The van der Waals surface area contributed by atoms with Crippen molar-refractivity contribution in [3.8, 4) is 5.75 Å². The van der Waals surface area contributed by atoms with Gasteiger partial charge in [-0.25, -0.2) is 0 Å². The van der Waals surface area contributed by atoms with Gasteiger partial charge >= 0.3 is 0 Å². The van der Waals surface area contributed by atoms with Crippen molar-refractivity contribution < 1.29 is 14.6 Å². The molecule has 188 valence electrons. The largest absolute Gasteiger partial charge is 0.494 e. The minimum atomic E-state index is -0.457. The van der Waals surface area contributed by atoms with Gasteiger partial charge in [-0.1, -0.05) is 44.9 Å². The number of aliphatic hydroxyl groups is 1. The molecule has 1 N–H and O–H groups in total. The SMILES string of the molecule is CCCCN(CCCC)C[C@H](O)Cn1cc(/C=C/C(=O)c2ccc(OCC)cc2)c2ccccc21. The van der Waals surface area contributed by atoms with Crippen LogP contribution in [0, 0.1) is 0 Å². The number of para-hydroxylation sites is 1. The Balaban J connectivity index is 1.73. The molecule has 0 radical (unpaired) electrons. The van der Waals surface area contributed by atoms with E-state index in [9.17, 15) is 9.90 Å². The van der Waals surface area contributed by atoms with E-state index in [4.69, 9.17) is 4.74 Å².